The second-order valence-electron chi connectivity index (χ2n) is 3.33. The predicted octanol–water partition coefficient (Wildman–Crippen LogP) is 1.12. The second kappa shape index (κ2) is 4.50. The lowest BCUT2D eigenvalue weighted by molar-refractivity contribution is 0.546. The van der Waals surface area contributed by atoms with Crippen LogP contribution in [0.2, 0.25) is 0 Å². The van der Waals surface area contributed by atoms with Gasteiger partial charge in [-0.2, -0.15) is 0 Å². The topological polar surface area (TPSA) is 55.6 Å². The van der Waals surface area contributed by atoms with Gasteiger partial charge in [-0.15, -0.1) is 21.5 Å². The van der Waals surface area contributed by atoms with E-state index >= 15 is 0 Å². The number of hydrogen-bond acceptors (Lipinski definition) is 5. The Bertz CT molecular complexity index is 408. The fourth-order valence-corrected chi connectivity index (χ4v) is 1.92. The molecule has 1 atom stereocenters. The van der Waals surface area contributed by atoms with E-state index in [4.69, 9.17) is 0 Å². The zero-order valence-electron chi connectivity index (χ0n) is 8.71. The lowest BCUT2D eigenvalue weighted by Gasteiger charge is -2.09. The zero-order chi connectivity index (χ0) is 10.7. The minimum absolute atomic E-state index is 0.252. The molecule has 2 aromatic heterocycles. The van der Waals surface area contributed by atoms with Gasteiger partial charge in [0.25, 0.3) is 0 Å². The molecule has 0 aliphatic rings. The number of nitrogens with zero attached hydrogens (tertiary/aromatic N) is 4. The van der Waals surface area contributed by atoms with Gasteiger partial charge < -0.3 is 9.88 Å². The molecule has 0 aliphatic heterocycles. The summed E-state index contributed by atoms with van der Waals surface area (Å²) >= 11 is 1.66. The van der Waals surface area contributed by atoms with Crippen molar-refractivity contribution in [3.05, 3.63) is 28.7 Å². The average molecular weight is 223 g/mol. The highest BCUT2D eigenvalue weighted by molar-refractivity contribution is 7.09. The molecule has 6 heteroatoms. The first-order valence-electron chi connectivity index (χ1n) is 4.73. The largest absolute Gasteiger partial charge is 0.320 e. The summed E-state index contributed by atoms with van der Waals surface area (Å²) in [4.78, 5) is 4.25. The van der Waals surface area contributed by atoms with Crippen LogP contribution in [0.25, 0.3) is 0 Å². The molecule has 0 bridgehead atoms. The molecule has 0 aromatic carbocycles. The van der Waals surface area contributed by atoms with Crippen LogP contribution in [-0.4, -0.2) is 19.7 Å². The van der Waals surface area contributed by atoms with Gasteiger partial charge in [-0.3, -0.25) is 0 Å². The minimum atomic E-state index is 0.252. The van der Waals surface area contributed by atoms with Gasteiger partial charge in [0.1, 0.15) is 17.2 Å². The standard InChI is InChI=1S/C9H13N5S/c1-7(9-10-3-4-15-9)11-5-8-13-12-6-14(8)2/h3-4,6-7,11H,5H2,1-2H3. The molecule has 0 fully saturated rings. The Labute approximate surface area is 92.2 Å². The predicted molar refractivity (Wildman–Crippen MR) is 58.4 cm³/mol. The van der Waals surface area contributed by atoms with Crippen molar-refractivity contribution in [1.29, 1.82) is 0 Å². The molecule has 0 spiro atoms. The normalized spacial score (nSPS) is 12.9. The third-order valence-corrected chi connectivity index (χ3v) is 3.15. The summed E-state index contributed by atoms with van der Waals surface area (Å²) in [5, 5.41) is 14.3. The number of hydrogen-bond donors (Lipinski definition) is 1. The maximum Gasteiger partial charge on any atom is 0.146 e. The van der Waals surface area contributed by atoms with Crippen LogP contribution >= 0.6 is 11.3 Å². The molecule has 0 saturated carbocycles. The van der Waals surface area contributed by atoms with Gasteiger partial charge in [0, 0.05) is 18.6 Å². The van der Waals surface area contributed by atoms with Crippen molar-refractivity contribution in [2.24, 2.45) is 7.05 Å². The second-order valence-corrected chi connectivity index (χ2v) is 4.26. The highest BCUT2D eigenvalue weighted by Gasteiger charge is 2.08. The van der Waals surface area contributed by atoms with E-state index in [1.807, 2.05) is 23.2 Å². The first kappa shape index (κ1) is 10.3. The molecular weight excluding hydrogens is 210 g/mol. The molecule has 5 nitrogen and oxygen atoms in total. The third-order valence-electron chi connectivity index (χ3n) is 2.19. The van der Waals surface area contributed by atoms with E-state index in [1.165, 1.54) is 0 Å². The van der Waals surface area contributed by atoms with Gasteiger partial charge in [-0.25, -0.2) is 4.98 Å². The monoisotopic (exact) mass is 223 g/mol. The highest BCUT2D eigenvalue weighted by atomic mass is 32.1. The van der Waals surface area contributed by atoms with Gasteiger partial charge in [-0.05, 0) is 6.92 Å². The van der Waals surface area contributed by atoms with E-state index in [1.54, 1.807) is 17.7 Å². The number of thiazole rings is 1. The molecule has 1 unspecified atom stereocenters. The molecule has 2 rings (SSSR count). The van der Waals surface area contributed by atoms with E-state index in [0.29, 0.717) is 6.54 Å². The summed E-state index contributed by atoms with van der Waals surface area (Å²) in [5.74, 6) is 0.929. The molecule has 0 radical (unpaired) electrons. The van der Waals surface area contributed by atoms with Crippen molar-refractivity contribution >= 4 is 11.3 Å². The van der Waals surface area contributed by atoms with Crippen molar-refractivity contribution in [1.82, 2.24) is 25.1 Å². The van der Waals surface area contributed by atoms with Crippen LogP contribution in [0.5, 0.6) is 0 Å². The molecule has 0 saturated heterocycles. The lowest BCUT2D eigenvalue weighted by Crippen LogP contribution is -2.20. The first-order valence-corrected chi connectivity index (χ1v) is 5.61. The Hall–Kier alpha value is -1.27. The minimum Gasteiger partial charge on any atom is -0.320 e. The van der Waals surface area contributed by atoms with E-state index < -0.39 is 0 Å². The van der Waals surface area contributed by atoms with Crippen molar-refractivity contribution in [2.75, 3.05) is 0 Å². The van der Waals surface area contributed by atoms with Crippen LogP contribution in [0.15, 0.2) is 17.9 Å². The van der Waals surface area contributed by atoms with E-state index in [0.717, 1.165) is 10.8 Å². The van der Waals surface area contributed by atoms with Crippen LogP contribution < -0.4 is 5.32 Å². The Morgan fingerprint density at radius 2 is 2.47 bits per heavy atom. The van der Waals surface area contributed by atoms with E-state index in [-0.39, 0.29) is 6.04 Å². The molecule has 0 amide bonds. The summed E-state index contributed by atoms with van der Waals surface area (Å²) in [7, 11) is 1.94. The Morgan fingerprint density at radius 3 is 3.07 bits per heavy atom. The van der Waals surface area contributed by atoms with Crippen molar-refractivity contribution < 1.29 is 0 Å². The molecule has 80 valence electrons. The van der Waals surface area contributed by atoms with Crippen LogP contribution in [0.4, 0.5) is 0 Å². The van der Waals surface area contributed by atoms with Crippen LogP contribution in [0.3, 0.4) is 0 Å². The number of rotatable bonds is 4. The maximum absolute atomic E-state index is 4.25. The summed E-state index contributed by atoms with van der Waals surface area (Å²) in [6.45, 7) is 2.80. The summed E-state index contributed by atoms with van der Waals surface area (Å²) in [6.07, 6.45) is 3.52. The smallest absolute Gasteiger partial charge is 0.146 e. The zero-order valence-corrected chi connectivity index (χ0v) is 9.53. The van der Waals surface area contributed by atoms with Crippen LogP contribution in [0.1, 0.15) is 23.8 Å². The van der Waals surface area contributed by atoms with Gasteiger partial charge in [0.05, 0.1) is 12.6 Å². The third kappa shape index (κ3) is 2.40. The highest BCUT2D eigenvalue weighted by Crippen LogP contribution is 2.14. The Kier molecular flexibility index (Phi) is 3.08. The fourth-order valence-electron chi connectivity index (χ4n) is 1.25. The average Bonchev–Trinajstić information content (AvgIpc) is 2.85. The van der Waals surface area contributed by atoms with E-state index in [9.17, 15) is 0 Å². The van der Waals surface area contributed by atoms with Gasteiger partial charge >= 0.3 is 0 Å². The maximum atomic E-state index is 4.25. The fraction of sp³-hybridized carbons (Fsp3) is 0.444. The Morgan fingerprint density at radius 1 is 1.60 bits per heavy atom. The van der Waals surface area contributed by atoms with E-state index in [2.05, 4.69) is 27.4 Å². The molecule has 1 N–H and O–H groups in total. The van der Waals surface area contributed by atoms with Gasteiger partial charge in [0.15, 0.2) is 0 Å². The number of nitrogens with one attached hydrogen (secondary N) is 1. The summed E-state index contributed by atoms with van der Waals surface area (Å²) < 4.78 is 1.90. The van der Waals surface area contributed by atoms with Gasteiger partial charge in [0.2, 0.25) is 0 Å². The molecular formula is C9H13N5S. The van der Waals surface area contributed by atoms with Crippen molar-refractivity contribution in [3.8, 4) is 0 Å². The SMILES string of the molecule is CC(NCc1nncn1C)c1nccs1. The quantitative estimate of drug-likeness (QED) is 0.844. The molecule has 2 aromatic rings. The van der Waals surface area contributed by atoms with Crippen LogP contribution in [-0.2, 0) is 13.6 Å². The van der Waals surface area contributed by atoms with Gasteiger partial charge in [-0.1, -0.05) is 0 Å². The number of aryl methyl sites for hydroxylation is 1. The summed E-state index contributed by atoms with van der Waals surface area (Å²) in [6, 6.07) is 0.252. The Balaban J connectivity index is 1.91. The van der Waals surface area contributed by atoms with Crippen molar-refractivity contribution in [3.63, 3.8) is 0 Å². The molecule has 15 heavy (non-hydrogen) atoms. The first-order chi connectivity index (χ1) is 7.27. The molecule has 0 aliphatic carbocycles. The summed E-state index contributed by atoms with van der Waals surface area (Å²) in [5.41, 5.74) is 0. The van der Waals surface area contributed by atoms with Crippen molar-refractivity contribution in [2.45, 2.75) is 19.5 Å². The molecule has 2 heterocycles. The lowest BCUT2D eigenvalue weighted by atomic mass is 10.3. The van der Waals surface area contributed by atoms with Crippen LogP contribution in [0, 0.1) is 0 Å². The number of aromatic nitrogens is 4.